The SMILES string of the molecule is Cc1nc2c(C#N)c(C(F)F)nn2c(N2CC(OCCO)C2)c1-c1ccnc2cc(C#N)ccc12. The molecule has 0 aliphatic carbocycles. The zero-order chi connectivity index (χ0) is 24.7. The maximum atomic E-state index is 13.7. The van der Waals surface area contributed by atoms with E-state index in [0.717, 1.165) is 10.9 Å². The van der Waals surface area contributed by atoms with Gasteiger partial charge in [-0.2, -0.15) is 20.1 Å². The lowest BCUT2D eigenvalue weighted by Gasteiger charge is -2.41. The quantitative estimate of drug-likeness (QED) is 0.451. The van der Waals surface area contributed by atoms with Gasteiger partial charge in [0, 0.05) is 30.2 Å². The monoisotopic (exact) mass is 475 g/mol. The Morgan fingerprint density at radius 3 is 2.71 bits per heavy atom. The van der Waals surface area contributed by atoms with Gasteiger partial charge in [-0.25, -0.2) is 13.8 Å². The number of aliphatic hydroxyl groups excluding tert-OH is 1. The minimum Gasteiger partial charge on any atom is -0.394 e. The van der Waals surface area contributed by atoms with E-state index in [9.17, 15) is 19.3 Å². The van der Waals surface area contributed by atoms with Gasteiger partial charge in [0.25, 0.3) is 6.43 Å². The van der Waals surface area contributed by atoms with Crippen LogP contribution in [-0.4, -0.2) is 57.1 Å². The van der Waals surface area contributed by atoms with Crippen LogP contribution in [0, 0.1) is 29.6 Å². The highest BCUT2D eigenvalue weighted by Gasteiger charge is 2.34. The highest BCUT2D eigenvalue weighted by molar-refractivity contribution is 5.99. The number of aliphatic hydroxyl groups is 1. The van der Waals surface area contributed by atoms with Crippen molar-refractivity contribution >= 4 is 22.4 Å². The predicted molar refractivity (Wildman–Crippen MR) is 122 cm³/mol. The van der Waals surface area contributed by atoms with E-state index in [4.69, 9.17) is 9.84 Å². The molecule has 0 spiro atoms. The van der Waals surface area contributed by atoms with Crippen LogP contribution in [0.15, 0.2) is 30.5 Å². The largest absolute Gasteiger partial charge is 0.394 e. The van der Waals surface area contributed by atoms with Crippen LogP contribution < -0.4 is 4.90 Å². The third kappa shape index (κ3) is 3.71. The second-order valence-electron chi connectivity index (χ2n) is 8.13. The van der Waals surface area contributed by atoms with Gasteiger partial charge in [0.1, 0.15) is 23.1 Å². The van der Waals surface area contributed by atoms with Crippen molar-refractivity contribution in [2.75, 3.05) is 31.2 Å². The number of nitrogens with zero attached hydrogens (tertiary/aromatic N) is 7. The van der Waals surface area contributed by atoms with Gasteiger partial charge in [-0.15, -0.1) is 0 Å². The average molecular weight is 475 g/mol. The number of hydrogen-bond acceptors (Lipinski definition) is 8. The minimum absolute atomic E-state index is 0.0592. The molecule has 3 aromatic heterocycles. The second kappa shape index (κ2) is 8.87. The molecule has 0 radical (unpaired) electrons. The first-order chi connectivity index (χ1) is 17.0. The molecular formula is C24H19F2N7O2. The lowest BCUT2D eigenvalue weighted by molar-refractivity contribution is 0.0132. The van der Waals surface area contributed by atoms with E-state index in [1.54, 1.807) is 37.4 Å². The van der Waals surface area contributed by atoms with Gasteiger partial charge in [-0.3, -0.25) is 4.98 Å². The normalized spacial score (nSPS) is 13.9. The number of benzene rings is 1. The van der Waals surface area contributed by atoms with Crippen molar-refractivity contribution in [1.29, 1.82) is 10.5 Å². The number of nitriles is 2. The third-order valence-corrected chi connectivity index (χ3v) is 6.00. The summed E-state index contributed by atoms with van der Waals surface area (Å²) in [7, 11) is 0. The van der Waals surface area contributed by atoms with E-state index < -0.39 is 12.1 Å². The second-order valence-corrected chi connectivity index (χ2v) is 8.13. The molecular weight excluding hydrogens is 456 g/mol. The molecule has 1 N–H and O–H groups in total. The number of alkyl halides is 2. The van der Waals surface area contributed by atoms with Crippen LogP contribution in [0.2, 0.25) is 0 Å². The van der Waals surface area contributed by atoms with Crippen molar-refractivity contribution in [3.63, 3.8) is 0 Å². The molecule has 11 heteroatoms. The zero-order valence-corrected chi connectivity index (χ0v) is 18.6. The Morgan fingerprint density at radius 1 is 1.23 bits per heavy atom. The number of fused-ring (bicyclic) bond motifs is 2. The molecule has 1 aromatic carbocycles. The standard InChI is InChI=1S/C24H19F2N7O2/c1-13-20(17-4-5-29-19-8-14(9-27)2-3-16(17)19)24(32-11-15(12-32)35-7-6-34)33-23(30-13)18(10-28)21(31-33)22(25)26/h2-5,8,15,22,34H,6-7,11-12H2,1H3. The van der Waals surface area contributed by atoms with E-state index in [1.165, 1.54) is 4.52 Å². The van der Waals surface area contributed by atoms with Gasteiger partial charge in [-0.05, 0) is 30.7 Å². The first-order valence-electron chi connectivity index (χ1n) is 10.8. The van der Waals surface area contributed by atoms with Crippen LogP contribution >= 0.6 is 0 Å². The summed E-state index contributed by atoms with van der Waals surface area (Å²) >= 11 is 0. The minimum atomic E-state index is -2.94. The Morgan fingerprint density at radius 2 is 2.03 bits per heavy atom. The molecule has 1 fully saturated rings. The molecule has 0 saturated carbocycles. The van der Waals surface area contributed by atoms with E-state index in [2.05, 4.69) is 21.1 Å². The fourth-order valence-corrected chi connectivity index (χ4v) is 4.40. The summed E-state index contributed by atoms with van der Waals surface area (Å²) in [5, 5.41) is 32.8. The Labute approximate surface area is 198 Å². The molecule has 4 heterocycles. The molecule has 9 nitrogen and oxygen atoms in total. The molecule has 5 rings (SSSR count). The fourth-order valence-electron chi connectivity index (χ4n) is 4.40. The highest BCUT2D eigenvalue weighted by atomic mass is 19.3. The Balaban J connectivity index is 1.77. The summed E-state index contributed by atoms with van der Waals surface area (Å²) in [4.78, 5) is 10.8. The Kier molecular flexibility index (Phi) is 5.73. The topological polar surface area (TPSA) is 123 Å². The van der Waals surface area contributed by atoms with E-state index in [1.807, 2.05) is 11.0 Å². The number of rotatable bonds is 6. The lowest BCUT2D eigenvalue weighted by atomic mass is 9.98. The number of hydrogen-bond donors (Lipinski definition) is 1. The van der Waals surface area contributed by atoms with Crippen LogP contribution in [0.1, 0.15) is 28.9 Å². The maximum Gasteiger partial charge on any atom is 0.283 e. The van der Waals surface area contributed by atoms with Crippen LogP contribution in [-0.2, 0) is 4.74 Å². The lowest BCUT2D eigenvalue weighted by Crippen LogP contribution is -2.53. The average Bonchev–Trinajstić information content (AvgIpc) is 3.20. The first kappa shape index (κ1) is 22.6. The summed E-state index contributed by atoms with van der Waals surface area (Å²) in [5.74, 6) is 0.511. The molecule has 176 valence electrons. The summed E-state index contributed by atoms with van der Waals surface area (Å²) in [6, 6.07) is 10.9. The summed E-state index contributed by atoms with van der Waals surface area (Å²) in [6.45, 7) is 2.74. The van der Waals surface area contributed by atoms with E-state index in [0.29, 0.717) is 41.2 Å². The van der Waals surface area contributed by atoms with Crippen LogP contribution in [0.5, 0.6) is 0 Å². The fraction of sp³-hybridized carbons (Fsp3) is 0.292. The number of halogens is 2. The molecule has 4 aromatic rings. The molecule has 1 aliphatic rings. The molecule has 35 heavy (non-hydrogen) atoms. The number of aromatic nitrogens is 4. The zero-order valence-electron chi connectivity index (χ0n) is 18.6. The molecule has 1 saturated heterocycles. The first-order valence-corrected chi connectivity index (χ1v) is 10.8. The predicted octanol–water partition coefficient (Wildman–Crippen LogP) is 3.13. The molecule has 0 atom stereocenters. The van der Waals surface area contributed by atoms with Gasteiger partial charge in [0.15, 0.2) is 5.65 Å². The third-order valence-electron chi connectivity index (χ3n) is 6.00. The Hall–Kier alpha value is -4.19. The number of pyridine rings is 1. The Bertz CT molecular complexity index is 1530. The maximum absolute atomic E-state index is 13.7. The molecule has 1 aliphatic heterocycles. The van der Waals surface area contributed by atoms with Crippen LogP contribution in [0.3, 0.4) is 0 Å². The van der Waals surface area contributed by atoms with Gasteiger partial charge in [-0.1, -0.05) is 6.07 Å². The smallest absolute Gasteiger partial charge is 0.283 e. The highest BCUT2D eigenvalue weighted by Crippen LogP contribution is 2.40. The number of anilines is 1. The van der Waals surface area contributed by atoms with Crippen molar-refractivity contribution in [3.8, 4) is 23.3 Å². The summed E-state index contributed by atoms with van der Waals surface area (Å²) in [5.41, 5.74) is 2.17. The van der Waals surface area contributed by atoms with Crippen molar-refractivity contribution in [1.82, 2.24) is 19.6 Å². The number of aryl methyl sites for hydroxylation is 1. The van der Waals surface area contributed by atoms with Crippen molar-refractivity contribution in [2.24, 2.45) is 0 Å². The van der Waals surface area contributed by atoms with Crippen molar-refractivity contribution in [2.45, 2.75) is 19.5 Å². The van der Waals surface area contributed by atoms with E-state index in [-0.39, 0.29) is 30.5 Å². The van der Waals surface area contributed by atoms with Gasteiger partial charge in [0.2, 0.25) is 0 Å². The van der Waals surface area contributed by atoms with Crippen molar-refractivity contribution in [3.05, 3.63) is 53.0 Å². The van der Waals surface area contributed by atoms with Gasteiger partial charge >= 0.3 is 0 Å². The van der Waals surface area contributed by atoms with E-state index >= 15 is 0 Å². The molecule has 0 unspecified atom stereocenters. The molecule has 0 bridgehead atoms. The summed E-state index contributed by atoms with van der Waals surface area (Å²) < 4.78 is 34.4. The van der Waals surface area contributed by atoms with Gasteiger partial charge in [0.05, 0.1) is 42.2 Å². The number of ether oxygens (including phenoxy) is 1. The van der Waals surface area contributed by atoms with Crippen LogP contribution in [0.4, 0.5) is 14.6 Å². The summed E-state index contributed by atoms with van der Waals surface area (Å²) in [6.07, 6.45) is -1.47. The van der Waals surface area contributed by atoms with Gasteiger partial charge < -0.3 is 14.7 Å². The van der Waals surface area contributed by atoms with Crippen molar-refractivity contribution < 1.29 is 18.6 Å². The van der Waals surface area contributed by atoms with Crippen LogP contribution in [0.25, 0.3) is 27.7 Å². The molecule has 0 amide bonds.